The Bertz CT molecular complexity index is 976. The minimum absolute atomic E-state index is 0.0270. The highest BCUT2D eigenvalue weighted by atomic mass is 16.3. The molecule has 8 heteroatoms. The van der Waals surface area contributed by atoms with E-state index < -0.39 is 5.91 Å². The predicted octanol–water partition coefficient (Wildman–Crippen LogP) is 2.10. The third-order valence-electron chi connectivity index (χ3n) is 4.79. The third kappa shape index (κ3) is 2.63. The van der Waals surface area contributed by atoms with Gasteiger partial charge in [-0.1, -0.05) is 0 Å². The van der Waals surface area contributed by atoms with Crippen LogP contribution < -0.4 is 5.73 Å². The summed E-state index contributed by atoms with van der Waals surface area (Å²) in [5, 5.41) is 0. The molecule has 0 radical (unpaired) electrons. The van der Waals surface area contributed by atoms with Crippen molar-refractivity contribution < 1.29 is 14.0 Å². The first kappa shape index (κ1) is 16.3. The van der Waals surface area contributed by atoms with Gasteiger partial charge in [0.15, 0.2) is 17.1 Å². The normalized spacial score (nSPS) is 17.6. The molecular weight excluding hydrogens is 334 g/mol. The van der Waals surface area contributed by atoms with Crippen LogP contribution in [0.2, 0.25) is 0 Å². The van der Waals surface area contributed by atoms with Gasteiger partial charge in [-0.15, -0.1) is 0 Å². The van der Waals surface area contributed by atoms with Crippen LogP contribution in [0.5, 0.6) is 0 Å². The number of imidazole rings is 1. The Kier molecular flexibility index (Phi) is 3.95. The van der Waals surface area contributed by atoms with E-state index in [-0.39, 0.29) is 29.0 Å². The number of fused-ring (bicyclic) bond motifs is 1. The Labute approximate surface area is 149 Å². The number of amides is 2. The highest BCUT2D eigenvalue weighted by Crippen LogP contribution is 2.25. The minimum Gasteiger partial charge on any atom is -0.463 e. The second-order valence-electron chi connectivity index (χ2n) is 6.50. The number of primary amides is 1. The van der Waals surface area contributed by atoms with Crippen LogP contribution in [0.1, 0.15) is 47.2 Å². The fourth-order valence-corrected chi connectivity index (χ4v) is 3.41. The van der Waals surface area contributed by atoms with Gasteiger partial charge in [0.05, 0.1) is 12.0 Å². The first-order chi connectivity index (χ1) is 12.6. The highest BCUT2D eigenvalue weighted by molar-refractivity contribution is 5.99. The Morgan fingerprint density at radius 3 is 2.88 bits per heavy atom. The molecule has 2 N–H and O–H groups in total. The van der Waals surface area contributed by atoms with Crippen molar-refractivity contribution >= 4 is 17.5 Å². The summed E-state index contributed by atoms with van der Waals surface area (Å²) in [6.07, 6.45) is 6.06. The quantitative estimate of drug-likeness (QED) is 0.776. The molecule has 0 spiro atoms. The van der Waals surface area contributed by atoms with Crippen LogP contribution in [-0.4, -0.2) is 43.7 Å². The number of nitrogens with zero attached hydrogens (tertiary/aromatic N) is 4. The first-order valence-corrected chi connectivity index (χ1v) is 8.59. The van der Waals surface area contributed by atoms with E-state index in [9.17, 15) is 9.59 Å². The molecule has 8 nitrogen and oxygen atoms in total. The van der Waals surface area contributed by atoms with E-state index in [1.54, 1.807) is 28.9 Å². The van der Waals surface area contributed by atoms with Gasteiger partial charge in [0.2, 0.25) is 0 Å². The molecule has 3 aromatic heterocycles. The SMILES string of the molecule is CC1CCCCN1C(=O)c1cc(-c2ccco2)n2cnc(C(N)=O)c2n1. The molecule has 3 aromatic rings. The molecule has 0 aliphatic carbocycles. The predicted molar refractivity (Wildman–Crippen MR) is 93.6 cm³/mol. The van der Waals surface area contributed by atoms with Crippen LogP contribution in [0.25, 0.3) is 17.1 Å². The number of aromatic nitrogens is 3. The first-order valence-electron chi connectivity index (χ1n) is 8.59. The van der Waals surface area contributed by atoms with Crippen LogP contribution in [-0.2, 0) is 0 Å². The fraction of sp³-hybridized carbons (Fsp3) is 0.333. The summed E-state index contributed by atoms with van der Waals surface area (Å²) >= 11 is 0. The summed E-state index contributed by atoms with van der Waals surface area (Å²) in [5.41, 5.74) is 6.53. The molecule has 134 valence electrons. The number of furan rings is 1. The summed E-state index contributed by atoms with van der Waals surface area (Å²) < 4.78 is 7.09. The van der Waals surface area contributed by atoms with Gasteiger partial charge >= 0.3 is 0 Å². The minimum atomic E-state index is -0.693. The monoisotopic (exact) mass is 353 g/mol. The van der Waals surface area contributed by atoms with Gasteiger partial charge in [-0.2, -0.15) is 0 Å². The molecule has 1 saturated heterocycles. The standard InChI is InChI=1S/C18H19N5O3/c1-11-5-2-3-7-22(11)18(25)12-9-13(14-6-4-8-26-14)23-10-20-15(16(19)24)17(23)21-12/h4,6,8-11H,2-3,5,7H2,1H3,(H2,19,24). The van der Waals surface area contributed by atoms with E-state index in [4.69, 9.17) is 10.2 Å². The van der Waals surface area contributed by atoms with E-state index >= 15 is 0 Å². The molecule has 1 aliphatic rings. The van der Waals surface area contributed by atoms with Crippen molar-refractivity contribution in [3.05, 3.63) is 42.2 Å². The lowest BCUT2D eigenvalue weighted by atomic mass is 10.0. The Morgan fingerprint density at radius 1 is 1.35 bits per heavy atom. The number of likely N-dealkylation sites (tertiary alicyclic amines) is 1. The van der Waals surface area contributed by atoms with Gasteiger partial charge in [-0.3, -0.25) is 14.0 Å². The summed E-state index contributed by atoms with van der Waals surface area (Å²) in [7, 11) is 0. The maximum atomic E-state index is 13.1. The fourth-order valence-electron chi connectivity index (χ4n) is 3.41. The Morgan fingerprint density at radius 2 is 2.19 bits per heavy atom. The van der Waals surface area contributed by atoms with E-state index in [2.05, 4.69) is 9.97 Å². The van der Waals surface area contributed by atoms with Crippen LogP contribution in [0.3, 0.4) is 0 Å². The van der Waals surface area contributed by atoms with Crippen molar-refractivity contribution in [2.45, 2.75) is 32.2 Å². The zero-order valence-electron chi connectivity index (χ0n) is 14.4. The van der Waals surface area contributed by atoms with Crippen LogP contribution in [0, 0.1) is 0 Å². The number of hydrogen-bond acceptors (Lipinski definition) is 5. The average Bonchev–Trinajstić information content (AvgIpc) is 3.30. The zero-order valence-corrected chi connectivity index (χ0v) is 14.4. The van der Waals surface area contributed by atoms with Gasteiger partial charge in [0.25, 0.3) is 11.8 Å². The van der Waals surface area contributed by atoms with Crippen LogP contribution >= 0.6 is 0 Å². The van der Waals surface area contributed by atoms with E-state index in [0.717, 1.165) is 19.3 Å². The molecule has 4 rings (SSSR count). The van der Waals surface area contributed by atoms with Gasteiger partial charge < -0.3 is 15.1 Å². The van der Waals surface area contributed by atoms with Crippen molar-refractivity contribution in [3.63, 3.8) is 0 Å². The number of hydrogen-bond donors (Lipinski definition) is 1. The molecule has 1 atom stereocenters. The van der Waals surface area contributed by atoms with Gasteiger partial charge in [-0.05, 0) is 44.4 Å². The van der Waals surface area contributed by atoms with Gasteiger partial charge in [-0.25, -0.2) is 9.97 Å². The lowest BCUT2D eigenvalue weighted by Crippen LogP contribution is -2.42. The summed E-state index contributed by atoms with van der Waals surface area (Å²) in [6.45, 7) is 2.74. The van der Waals surface area contributed by atoms with Gasteiger partial charge in [0, 0.05) is 12.6 Å². The molecule has 0 saturated carbocycles. The van der Waals surface area contributed by atoms with Crippen LogP contribution in [0.4, 0.5) is 0 Å². The lowest BCUT2D eigenvalue weighted by molar-refractivity contribution is 0.0629. The van der Waals surface area contributed by atoms with Crippen molar-refractivity contribution in [2.24, 2.45) is 5.73 Å². The van der Waals surface area contributed by atoms with E-state index in [1.165, 1.54) is 6.33 Å². The topological polar surface area (TPSA) is 107 Å². The summed E-state index contributed by atoms with van der Waals surface area (Å²) in [4.78, 5) is 35.0. The molecule has 1 aliphatic heterocycles. The largest absolute Gasteiger partial charge is 0.463 e. The summed E-state index contributed by atoms with van der Waals surface area (Å²) in [5.74, 6) is -0.308. The third-order valence-corrected chi connectivity index (χ3v) is 4.79. The summed E-state index contributed by atoms with van der Waals surface area (Å²) in [6, 6.07) is 5.35. The maximum absolute atomic E-state index is 13.1. The lowest BCUT2D eigenvalue weighted by Gasteiger charge is -2.33. The van der Waals surface area contributed by atoms with E-state index in [0.29, 0.717) is 18.0 Å². The van der Waals surface area contributed by atoms with E-state index in [1.807, 2.05) is 11.8 Å². The average molecular weight is 353 g/mol. The highest BCUT2D eigenvalue weighted by Gasteiger charge is 2.27. The Balaban J connectivity index is 1.88. The number of carbonyl (C=O) groups is 2. The maximum Gasteiger partial charge on any atom is 0.272 e. The molecule has 26 heavy (non-hydrogen) atoms. The van der Waals surface area contributed by atoms with Crippen molar-refractivity contribution in [3.8, 4) is 11.5 Å². The zero-order chi connectivity index (χ0) is 18.3. The van der Waals surface area contributed by atoms with Crippen LogP contribution in [0.15, 0.2) is 35.2 Å². The molecule has 1 unspecified atom stereocenters. The van der Waals surface area contributed by atoms with Gasteiger partial charge in [0.1, 0.15) is 12.0 Å². The van der Waals surface area contributed by atoms with Crippen molar-refractivity contribution in [2.75, 3.05) is 6.54 Å². The Hall–Kier alpha value is -3.16. The molecule has 0 aromatic carbocycles. The van der Waals surface area contributed by atoms with Crippen molar-refractivity contribution in [1.29, 1.82) is 0 Å². The number of piperidine rings is 1. The second kappa shape index (κ2) is 6.29. The second-order valence-corrected chi connectivity index (χ2v) is 6.50. The molecule has 0 bridgehead atoms. The smallest absolute Gasteiger partial charge is 0.272 e. The molecule has 2 amide bonds. The molecule has 4 heterocycles. The number of nitrogens with two attached hydrogens (primary N) is 1. The van der Waals surface area contributed by atoms with Crippen molar-refractivity contribution in [1.82, 2.24) is 19.3 Å². The number of carbonyl (C=O) groups excluding carboxylic acids is 2. The molecule has 1 fully saturated rings. The molecular formula is C18H19N5O3. The number of rotatable bonds is 3.